The number of alkyl halides is 1. The van der Waals surface area contributed by atoms with E-state index in [9.17, 15) is 0 Å². The van der Waals surface area contributed by atoms with E-state index < -0.39 is 0 Å². The number of aryl methyl sites for hydroxylation is 2. The van der Waals surface area contributed by atoms with Gasteiger partial charge in [-0.3, -0.25) is 4.68 Å². The van der Waals surface area contributed by atoms with E-state index in [1.807, 2.05) is 4.68 Å². The van der Waals surface area contributed by atoms with Crippen LogP contribution in [0.2, 0.25) is 0 Å². The van der Waals surface area contributed by atoms with Gasteiger partial charge in [0, 0.05) is 24.5 Å². The largest absolute Gasteiger partial charge is 0.303 e. The van der Waals surface area contributed by atoms with E-state index in [0.717, 1.165) is 24.0 Å². The van der Waals surface area contributed by atoms with Crippen molar-refractivity contribution < 1.29 is 0 Å². The summed E-state index contributed by atoms with van der Waals surface area (Å²) in [5.74, 6) is 0. The Kier molecular flexibility index (Phi) is 4.78. The average Bonchev–Trinajstić information content (AvgIpc) is 2.90. The summed E-state index contributed by atoms with van der Waals surface area (Å²) in [6.45, 7) is 4.76. The van der Waals surface area contributed by atoms with E-state index in [4.69, 9.17) is 0 Å². The maximum atomic E-state index is 4.13. The van der Waals surface area contributed by atoms with Gasteiger partial charge >= 0.3 is 0 Å². The predicted octanol–water partition coefficient (Wildman–Crippen LogP) is 1.70. The molecule has 5 heteroatoms. The normalized spacial score (nSPS) is 17.1. The molecule has 0 saturated carbocycles. The monoisotopic (exact) mass is 286 g/mol. The van der Waals surface area contributed by atoms with Gasteiger partial charge in [0.1, 0.15) is 0 Å². The molecule has 1 saturated heterocycles. The first-order valence-electron chi connectivity index (χ1n) is 6.06. The molecule has 0 aromatic carbocycles. The predicted molar refractivity (Wildman–Crippen MR) is 67.8 cm³/mol. The quantitative estimate of drug-likeness (QED) is 0.747. The molecular weight excluding hydrogens is 268 g/mol. The van der Waals surface area contributed by atoms with Gasteiger partial charge in [-0.15, -0.1) is 5.10 Å². The van der Waals surface area contributed by atoms with Gasteiger partial charge in [0.2, 0.25) is 0 Å². The molecule has 0 atom stereocenters. The minimum absolute atomic E-state index is 0.958. The van der Waals surface area contributed by atoms with Crippen LogP contribution in [-0.2, 0) is 13.0 Å². The lowest BCUT2D eigenvalue weighted by atomic mass is 10.3. The third-order valence-electron chi connectivity index (χ3n) is 3.00. The summed E-state index contributed by atoms with van der Waals surface area (Å²) in [4.78, 5) is 2.54. The van der Waals surface area contributed by atoms with Crippen molar-refractivity contribution in [2.45, 2.75) is 32.2 Å². The topological polar surface area (TPSA) is 34.0 Å². The number of rotatable bonds is 6. The van der Waals surface area contributed by atoms with Crippen LogP contribution in [0.25, 0.3) is 0 Å². The number of nitrogens with zero attached hydrogens (tertiary/aromatic N) is 4. The molecule has 1 fully saturated rings. The fourth-order valence-electron chi connectivity index (χ4n) is 2.12. The maximum absolute atomic E-state index is 4.13. The number of hydrogen-bond donors (Lipinski definition) is 0. The molecule has 2 rings (SSSR count). The zero-order valence-corrected chi connectivity index (χ0v) is 11.2. The van der Waals surface area contributed by atoms with Gasteiger partial charge in [0.05, 0.1) is 5.69 Å². The highest BCUT2D eigenvalue weighted by Crippen LogP contribution is 2.07. The second-order valence-corrected chi connectivity index (χ2v) is 5.11. The first kappa shape index (κ1) is 12.0. The van der Waals surface area contributed by atoms with Crippen LogP contribution in [0.4, 0.5) is 0 Å². The Morgan fingerprint density at radius 2 is 2.06 bits per heavy atom. The van der Waals surface area contributed by atoms with Crippen molar-refractivity contribution in [3.8, 4) is 0 Å². The molecule has 1 aliphatic rings. The lowest BCUT2D eigenvalue weighted by Crippen LogP contribution is -2.21. The van der Waals surface area contributed by atoms with E-state index in [0.29, 0.717) is 0 Å². The zero-order chi connectivity index (χ0) is 11.2. The SMILES string of the molecule is BrCCc1cn(CCCN2CCCC2)nn1. The first-order valence-corrected chi connectivity index (χ1v) is 7.18. The third kappa shape index (κ3) is 3.56. The summed E-state index contributed by atoms with van der Waals surface area (Å²) in [6, 6.07) is 0. The third-order valence-corrected chi connectivity index (χ3v) is 3.39. The second-order valence-electron chi connectivity index (χ2n) is 4.31. The molecule has 0 spiro atoms. The molecule has 0 radical (unpaired) electrons. The van der Waals surface area contributed by atoms with Crippen LogP contribution in [0.3, 0.4) is 0 Å². The molecule has 4 nitrogen and oxygen atoms in total. The Bertz CT molecular complexity index is 307. The maximum Gasteiger partial charge on any atom is 0.0835 e. The molecule has 1 aromatic heterocycles. The lowest BCUT2D eigenvalue weighted by molar-refractivity contribution is 0.321. The molecule has 0 N–H and O–H groups in total. The Morgan fingerprint density at radius 3 is 2.81 bits per heavy atom. The molecule has 90 valence electrons. The van der Waals surface area contributed by atoms with Gasteiger partial charge in [-0.25, -0.2) is 0 Å². The van der Waals surface area contributed by atoms with Crippen molar-refractivity contribution >= 4 is 15.9 Å². The summed E-state index contributed by atoms with van der Waals surface area (Å²) in [6.07, 6.45) is 6.95. The number of likely N-dealkylation sites (tertiary alicyclic amines) is 1. The second kappa shape index (κ2) is 6.35. The summed E-state index contributed by atoms with van der Waals surface area (Å²) in [5, 5.41) is 9.21. The average molecular weight is 287 g/mol. The Balaban J connectivity index is 1.67. The molecule has 0 bridgehead atoms. The standard InChI is InChI=1S/C11H19BrN4/c12-5-4-11-10-16(14-13-11)9-3-8-15-6-1-2-7-15/h10H,1-9H2. The zero-order valence-electron chi connectivity index (χ0n) is 9.61. The Labute approximate surface area is 105 Å². The van der Waals surface area contributed by atoms with E-state index in [1.54, 1.807) is 0 Å². The summed E-state index contributed by atoms with van der Waals surface area (Å²) in [5.41, 5.74) is 1.08. The van der Waals surface area contributed by atoms with Crippen molar-refractivity contribution in [3.63, 3.8) is 0 Å². The smallest absolute Gasteiger partial charge is 0.0835 e. The van der Waals surface area contributed by atoms with Crippen molar-refractivity contribution in [2.75, 3.05) is 25.0 Å². The number of hydrogen-bond acceptors (Lipinski definition) is 3. The van der Waals surface area contributed by atoms with Crippen molar-refractivity contribution in [2.24, 2.45) is 0 Å². The fourth-order valence-corrected chi connectivity index (χ4v) is 2.53. The van der Waals surface area contributed by atoms with Gasteiger partial charge in [0.25, 0.3) is 0 Å². The Morgan fingerprint density at radius 1 is 1.25 bits per heavy atom. The van der Waals surface area contributed by atoms with E-state index >= 15 is 0 Å². The Hall–Kier alpha value is -0.420. The van der Waals surface area contributed by atoms with Crippen LogP contribution >= 0.6 is 15.9 Å². The van der Waals surface area contributed by atoms with Crippen molar-refractivity contribution in [3.05, 3.63) is 11.9 Å². The van der Waals surface area contributed by atoms with Gasteiger partial charge in [-0.2, -0.15) is 0 Å². The fraction of sp³-hybridized carbons (Fsp3) is 0.818. The summed E-state index contributed by atoms with van der Waals surface area (Å²) >= 11 is 3.41. The van der Waals surface area contributed by atoms with Crippen LogP contribution in [0, 0.1) is 0 Å². The van der Waals surface area contributed by atoms with Crippen LogP contribution in [0.5, 0.6) is 0 Å². The number of aromatic nitrogens is 3. The van der Waals surface area contributed by atoms with Gasteiger partial charge < -0.3 is 4.90 Å². The minimum atomic E-state index is 0.958. The van der Waals surface area contributed by atoms with Gasteiger partial charge in [0.15, 0.2) is 0 Å². The van der Waals surface area contributed by atoms with Gasteiger partial charge in [-0.1, -0.05) is 21.1 Å². The van der Waals surface area contributed by atoms with Gasteiger partial charge in [-0.05, 0) is 38.9 Å². The molecule has 0 aliphatic carbocycles. The van der Waals surface area contributed by atoms with E-state index in [1.165, 1.54) is 38.9 Å². The van der Waals surface area contributed by atoms with Crippen LogP contribution in [-0.4, -0.2) is 44.9 Å². The minimum Gasteiger partial charge on any atom is -0.303 e. The summed E-state index contributed by atoms with van der Waals surface area (Å²) in [7, 11) is 0. The highest BCUT2D eigenvalue weighted by Gasteiger charge is 2.10. The molecule has 2 heterocycles. The van der Waals surface area contributed by atoms with E-state index in [2.05, 4.69) is 37.3 Å². The molecule has 16 heavy (non-hydrogen) atoms. The molecule has 1 aliphatic heterocycles. The highest BCUT2D eigenvalue weighted by atomic mass is 79.9. The molecule has 1 aromatic rings. The van der Waals surface area contributed by atoms with Crippen molar-refractivity contribution in [1.29, 1.82) is 0 Å². The van der Waals surface area contributed by atoms with Crippen LogP contribution < -0.4 is 0 Å². The first-order chi connectivity index (χ1) is 7.88. The van der Waals surface area contributed by atoms with Crippen LogP contribution in [0.1, 0.15) is 25.0 Å². The molecule has 0 amide bonds. The number of halogens is 1. The van der Waals surface area contributed by atoms with Crippen LogP contribution in [0.15, 0.2) is 6.20 Å². The molecular formula is C11H19BrN4. The van der Waals surface area contributed by atoms with E-state index in [-0.39, 0.29) is 0 Å². The van der Waals surface area contributed by atoms with Crippen molar-refractivity contribution in [1.82, 2.24) is 19.9 Å². The molecule has 0 unspecified atom stereocenters. The summed E-state index contributed by atoms with van der Waals surface area (Å²) < 4.78 is 1.97. The highest BCUT2D eigenvalue weighted by molar-refractivity contribution is 9.09. The lowest BCUT2D eigenvalue weighted by Gasteiger charge is -2.13.